The second-order valence-electron chi connectivity index (χ2n) is 0.552. The maximum atomic E-state index is 7.89. The molecule has 0 aromatic rings. The third kappa shape index (κ3) is 5.16. The van der Waals surface area contributed by atoms with Gasteiger partial charge in [0.05, 0.1) is 0 Å². The average Bonchev–Trinajstić information content (AvgIpc) is 1.35. The second kappa shape index (κ2) is 2.46. The summed E-state index contributed by atoms with van der Waals surface area (Å²) in [5.74, 6) is 0. The Balaban J connectivity index is 3.17. The predicted molar refractivity (Wildman–Crippen MR) is 19.2 cm³/mol. The van der Waals surface area contributed by atoms with Gasteiger partial charge in [0.1, 0.15) is 0 Å². The topological polar surface area (TPSA) is 69.9 Å². The van der Waals surface area contributed by atoms with Crippen LogP contribution in [0.3, 0.4) is 0 Å². The molecule has 0 aromatic carbocycles. The van der Waals surface area contributed by atoms with Gasteiger partial charge >= 0.3 is 51.8 Å². The Hall–Kier alpha value is 1.16. The first-order chi connectivity index (χ1) is 2.56. The Morgan fingerprint density at radius 2 is 1.50 bits per heavy atom. The Kier molecular flexibility index (Phi) is 2.94. The van der Waals surface area contributed by atoms with Gasteiger partial charge in [-0.25, -0.2) is 0 Å². The summed E-state index contributed by atoms with van der Waals surface area (Å²) in [5, 5.41) is 0. The zero-order chi connectivity index (χ0) is 5.21. The molecule has 0 amide bonds. The van der Waals surface area contributed by atoms with Crippen LogP contribution in [-0.4, -0.2) is 49.7 Å². The van der Waals surface area contributed by atoms with Crippen LogP contribution in [0.5, 0.6) is 0 Å². The molecule has 0 aliphatic heterocycles. The van der Waals surface area contributed by atoms with Crippen LogP contribution in [0.2, 0.25) is 0 Å². The fourth-order valence-electron chi connectivity index (χ4n) is 0. The predicted octanol–water partition coefficient (Wildman–Crippen LogP) is -2.50. The summed E-state index contributed by atoms with van der Waals surface area (Å²) in [6, 6.07) is 0. The van der Waals surface area contributed by atoms with Crippen molar-refractivity contribution in [1.29, 1.82) is 0 Å². The van der Waals surface area contributed by atoms with E-state index in [-0.39, 0.29) is 0 Å². The minimum atomic E-state index is -4.24. The molecule has 0 atom stereocenters. The van der Waals surface area contributed by atoms with E-state index in [2.05, 4.69) is 2.16 Å². The summed E-state index contributed by atoms with van der Waals surface area (Å²) >= 11 is -3.77. The summed E-state index contributed by atoms with van der Waals surface area (Å²) in [6.07, 6.45) is 0. The quantitative estimate of drug-likeness (QED) is 0.458. The van der Waals surface area contributed by atoms with Crippen LogP contribution < -0.4 is 0 Å². The van der Waals surface area contributed by atoms with Gasteiger partial charge in [-0.05, 0) is 0 Å². The van der Waals surface area contributed by atoms with Crippen LogP contribution in [0.4, 0.5) is 0 Å². The molecule has 3 N–H and O–H groups in total. The molecule has 0 fully saturated rings. The van der Waals surface area contributed by atoms with E-state index >= 15 is 0 Å². The van der Waals surface area contributed by atoms with Gasteiger partial charge < -0.3 is 0 Å². The molecule has 0 bridgehead atoms. The standard InChI is InChI=1S/H4O4Se.Sn/c1-5(2,3)4;/h1-4H;/q;+2/p-1. The first-order valence-corrected chi connectivity index (χ1v) is 5.08. The van der Waals surface area contributed by atoms with Gasteiger partial charge in [0.25, 0.3) is 0 Å². The van der Waals surface area contributed by atoms with Gasteiger partial charge in [-0.3, -0.25) is 0 Å². The third-order valence-corrected chi connectivity index (χ3v) is 3.90. The molecular formula is H3O4SeSn+. The van der Waals surface area contributed by atoms with E-state index in [4.69, 9.17) is 12.6 Å². The molecule has 0 spiro atoms. The van der Waals surface area contributed by atoms with Gasteiger partial charge in [0.2, 0.25) is 0 Å². The molecule has 0 heterocycles. The Morgan fingerprint density at radius 1 is 1.33 bits per heavy atom. The summed E-state index contributed by atoms with van der Waals surface area (Å²) in [6.45, 7) is 0. The van der Waals surface area contributed by atoms with Crippen molar-refractivity contribution in [2.45, 2.75) is 0 Å². The molecule has 0 aliphatic rings. The van der Waals surface area contributed by atoms with Gasteiger partial charge in [-0.2, -0.15) is 0 Å². The molecule has 0 rings (SSSR count). The zero-order valence-electron chi connectivity index (χ0n) is 2.66. The molecule has 0 saturated carbocycles. The molecular weight excluding hydrogens is 262 g/mol. The minimum absolute atomic E-state index is 0.470. The fourth-order valence-corrected chi connectivity index (χ4v) is 0. The Bertz CT molecular complexity index is 37.3. The third-order valence-electron chi connectivity index (χ3n) is 0.112. The van der Waals surface area contributed by atoms with E-state index in [0.29, 0.717) is 22.9 Å². The molecule has 0 aromatic heterocycles. The van der Waals surface area contributed by atoms with Crippen LogP contribution in [0.1, 0.15) is 0 Å². The molecule has 0 saturated heterocycles. The van der Waals surface area contributed by atoms with Crippen LogP contribution >= 0.6 is 0 Å². The Labute approximate surface area is 51.9 Å². The summed E-state index contributed by atoms with van der Waals surface area (Å²) < 4.78 is 27.5. The van der Waals surface area contributed by atoms with E-state index in [1.54, 1.807) is 0 Å². The van der Waals surface area contributed by atoms with Crippen molar-refractivity contribution in [3.05, 3.63) is 0 Å². The van der Waals surface area contributed by atoms with Crippen LogP contribution in [0.25, 0.3) is 0 Å². The van der Waals surface area contributed by atoms with Gasteiger partial charge in [-0.15, -0.1) is 0 Å². The summed E-state index contributed by atoms with van der Waals surface area (Å²) in [5.41, 5.74) is 0. The maximum absolute atomic E-state index is 7.89. The monoisotopic (exact) mass is 267 g/mol. The van der Waals surface area contributed by atoms with Gasteiger partial charge in [0, 0.05) is 0 Å². The second-order valence-corrected chi connectivity index (χ2v) is 5.34. The molecule has 6 heteroatoms. The molecule has 0 unspecified atom stereocenters. The van der Waals surface area contributed by atoms with Gasteiger partial charge in [0.15, 0.2) is 0 Å². The van der Waals surface area contributed by atoms with E-state index in [0.717, 1.165) is 0 Å². The first-order valence-electron chi connectivity index (χ1n) is 0.919. The SMILES string of the molecule is O[Se](O)(O)[O][Sn+]. The van der Waals surface area contributed by atoms with Crippen LogP contribution in [0, 0.1) is 0 Å². The van der Waals surface area contributed by atoms with Gasteiger partial charge in [-0.1, -0.05) is 0 Å². The van der Waals surface area contributed by atoms with Crippen molar-refractivity contribution < 1.29 is 14.7 Å². The van der Waals surface area contributed by atoms with E-state index in [1.807, 2.05) is 0 Å². The number of rotatable bonds is 1. The van der Waals surface area contributed by atoms with Crippen molar-refractivity contribution in [2.24, 2.45) is 0 Å². The summed E-state index contributed by atoms with van der Waals surface area (Å²) in [7, 11) is 0. The molecule has 4 nitrogen and oxygen atoms in total. The first kappa shape index (κ1) is 7.16. The summed E-state index contributed by atoms with van der Waals surface area (Å²) in [4.78, 5) is 0. The fraction of sp³-hybridized carbons (Fsp3) is 0. The van der Waals surface area contributed by atoms with Crippen molar-refractivity contribution in [3.8, 4) is 0 Å². The Morgan fingerprint density at radius 3 is 1.50 bits per heavy atom. The van der Waals surface area contributed by atoms with E-state index < -0.39 is 14.2 Å². The van der Waals surface area contributed by atoms with E-state index in [1.165, 1.54) is 0 Å². The van der Waals surface area contributed by atoms with Crippen molar-refractivity contribution in [3.63, 3.8) is 0 Å². The molecule has 2 radical (unpaired) electrons. The molecule has 6 heavy (non-hydrogen) atoms. The average molecular weight is 265 g/mol. The van der Waals surface area contributed by atoms with Crippen LogP contribution in [0.15, 0.2) is 0 Å². The van der Waals surface area contributed by atoms with Crippen molar-refractivity contribution in [2.75, 3.05) is 0 Å². The molecule has 0 aliphatic carbocycles. The zero-order valence-corrected chi connectivity index (χ0v) is 7.23. The number of hydrogen-bond donors (Lipinski definition) is 3. The van der Waals surface area contributed by atoms with Crippen molar-refractivity contribution >= 4 is 37.1 Å². The molecule has 36 valence electrons. The number of hydrogen-bond acceptors (Lipinski definition) is 4. The van der Waals surface area contributed by atoms with Crippen molar-refractivity contribution in [1.82, 2.24) is 0 Å². The normalized spacial score (nSPS) is 14.5. The van der Waals surface area contributed by atoms with E-state index in [9.17, 15) is 0 Å². The van der Waals surface area contributed by atoms with Crippen LogP contribution in [-0.2, 0) is 2.16 Å².